The van der Waals surface area contributed by atoms with E-state index in [0.717, 1.165) is 46.5 Å². The molecule has 1 amide bonds. The number of carbonyl (C=O) groups excluding carboxylic acids is 1. The van der Waals surface area contributed by atoms with Gasteiger partial charge >= 0.3 is 6.09 Å². The molecule has 1 aliphatic heterocycles. The van der Waals surface area contributed by atoms with Crippen molar-refractivity contribution >= 4 is 33.8 Å². The highest BCUT2D eigenvalue weighted by Gasteiger charge is 2.32. The number of amides is 1. The van der Waals surface area contributed by atoms with Gasteiger partial charge in [-0.2, -0.15) is 0 Å². The van der Waals surface area contributed by atoms with Gasteiger partial charge in [0.05, 0.1) is 26.4 Å². The maximum Gasteiger partial charge on any atom is 0.410 e. The molecule has 0 aromatic heterocycles. The average Bonchev–Trinajstić information content (AvgIpc) is 3.21. The third kappa shape index (κ3) is 7.15. The molecule has 1 aliphatic rings. The molecular formula is C25H32BrNO4S. The first kappa shape index (κ1) is 24.9. The van der Waals surface area contributed by atoms with Crippen LogP contribution < -0.4 is 4.74 Å². The van der Waals surface area contributed by atoms with Crippen molar-refractivity contribution in [3.8, 4) is 5.75 Å². The maximum absolute atomic E-state index is 12.5. The molecule has 32 heavy (non-hydrogen) atoms. The van der Waals surface area contributed by atoms with E-state index < -0.39 is 5.60 Å². The summed E-state index contributed by atoms with van der Waals surface area (Å²) in [5.41, 5.74) is 1.80. The van der Waals surface area contributed by atoms with E-state index in [0.29, 0.717) is 13.2 Å². The van der Waals surface area contributed by atoms with Crippen molar-refractivity contribution in [2.45, 2.75) is 62.5 Å². The summed E-state index contributed by atoms with van der Waals surface area (Å²) < 4.78 is 18.2. The molecule has 3 rings (SSSR count). The second kappa shape index (κ2) is 11.4. The zero-order valence-electron chi connectivity index (χ0n) is 19.2. The number of carbonyl (C=O) groups is 1. The molecule has 0 aliphatic carbocycles. The van der Waals surface area contributed by atoms with E-state index in [-0.39, 0.29) is 12.1 Å². The van der Waals surface area contributed by atoms with Gasteiger partial charge in [-0.15, -0.1) is 11.8 Å². The molecule has 0 radical (unpaired) electrons. The lowest BCUT2D eigenvalue weighted by molar-refractivity contribution is 0.00867. The fourth-order valence-corrected chi connectivity index (χ4v) is 5.09. The van der Waals surface area contributed by atoms with E-state index in [2.05, 4.69) is 34.1 Å². The van der Waals surface area contributed by atoms with Crippen molar-refractivity contribution in [1.82, 2.24) is 4.90 Å². The van der Waals surface area contributed by atoms with Crippen molar-refractivity contribution in [3.05, 3.63) is 58.1 Å². The van der Waals surface area contributed by atoms with Crippen molar-refractivity contribution in [2.75, 3.05) is 20.3 Å². The van der Waals surface area contributed by atoms with Crippen LogP contribution >= 0.6 is 27.7 Å². The van der Waals surface area contributed by atoms with Crippen molar-refractivity contribution < 1.29 is 19.0 Å². The minimum atomic E-state index is -0.488. The Balaban J connectivity index is 1.56. The largest absolute Gasteiger partial charge is 0.496 e. The van der Waals surface area contributed by atoms with Crippen LogP contribution in [0.4, 0.5) is 4.79 Å². The van der Waals surface area contributed by atoms with Crippen molar-refractivity contribution in [1.29, 1.82) is 0 Å². The first-order valence-electron chi connectivity index (χ1n) is 10.9. The Morgan fingerprint density at radius 1 is 1.19 bits per heavy atom. The molecule has 0 unspecified atom stereocenters. The van der Waals surface area contributed by atoms with Crippen molar-refractivity contribution in [2.24, 2.45) is 0 Å². The van der Waals surface area contributed by atoms with E-state index in [9.17, 15) is 4.79 Å². The van der Waals surface area contributed by atoms with Gasteiger partial charge in [-0.25, -0.2) is 4.79 Å². The molecule has 174 valence electrons. The van der Waals surface area contributed by atoms with E-state index in [1.165, 1.54) is 4.90 Å². The third-order valence-electron chi connectivity index (χ3n) is 5.17. The lowest BCUT2D eigenvalue weighted by Gasteiger charge is -2.28. The number of rotatable bonds is 8. The molecule has 2 aromatic rings. The number of thioether (sulfide) groups is 1. The number of ether oxygens (including phenoxy) is 3. The van der Waals surface area contributed by atoms with Gasteiger partial charge < -0.3 is 19.1 Å². The molecule has 1 saturated heterocycles. The number of hydrogen-bond acceptors (Lipinski definition) is 5. The van der Waals surface area contributed by atoms with Crippen LogP contribution in [0.25, 0.3) is 0 Å². The predicted molar refractivity (Wildman–Crippen MR) is 132 cm³/mol. The number of halogens is 1. The number of hydrogen-bond donors (Lipinski definition) is 0. The first-order chi connectivity index (χ1) is 15.3. The molecule has 7 heteroatoms. The SMILES string of the molecule is COc1ccc(Br)cc1CSc1ccccc1COC[C@H]1CCCN1C(=O)OC(C)(C)C. The fraction of sp³-hybridized carbons (Fsp3) is 0.480. The highest BCUT2D eigenvalue weighted by atomic mass is 79.9. The molecule has 0 N–H and O–H groups in total. The van der Waals surface area contributed by atoms with Gasteiger partial charge in [0.2, 0.25) is 0 Å². The van der Waals surface area contributed by atoms with Gasteiger partial charge in [0.1, 0.15) is 11.4 Å². The Kier molecular flexibility index (Phi) is 8.91. The maximum atomic E-state index is 12.5. The van der Waals surface area contributed by atoms with Crippen LogP contribution in [-0.2, 0) is 21.8 Å². The van der Waals surface area contributed by atoms with Crippen LogP contribution in [0.2, 0.25) is 0 Å². The van der Waals surface area contributed by atoms with Crippen LogP contribution in [0.3, 0.4) is 0 Å². The smallest absolute Gasteiger partial charge is 0.410 e. The summed E-state index contributed by atoms with van der Waals surface area (Å²) in [6.45, 7) is 7.43. The van der Waals surface area contributed by atoms with E-state index in [4.69, 9.17) is 14.2 Å². The lowest BCUT2D eigenvalue weighted by Crippen LogP contribution is -2.41. The molecule has 1 fully saturated rings. The van der Waals surface area contributed by atoms with Crippen LogP contribution in [0, 0.1) is 0 Å². The van der Waals surface area contributed by atoms with Gasteiger partial charge in [0.25, 0.3) is 0 Å². The number of benzene rings is 2. The summed E-state index contributed by atoms with van der Waals surface area (Å²) in [7, 11) is 1.70. The van der Waals surface area contributed by atoms with Crippen molar-refractivity contribution in [3.63, 3.8) is 0 Å². The summed E-state index contributed by atoms with van der Waals surface area (Å²) in [6.07, 6.45) is 1.68. The fourth-order valence-electron chi connectivity index (χ4n) is 3.65. The molecule has 2 aromatic carbocycles. The summed E-state index contributed by atoms with van der Waals surface area (Å²) in [6, 6.07) is 14.4. The van der Waals surface area contributed by atoms with Gasteiger partial charge in [-0.05, 0) is 63.4 Å². The average molecular weight is 523 g/mol. The molecular weight excluding hydrogens is 490 g/mol. The quantitative estimate of drug-likeness (QED) is 0.363. The third-order valence-corrected chi connectivity index (χ3v) is 6.83. The minimum absolute atomic E-state index is 0.0654. The Morgan fingerprint density at radius 3 is 2.72 bits per heavy atom. The van der Waals surface area contributed by atoms with Gasteiger partial charge in [0.15, 0.2) is 0 Å². The van der Waals surface area contributed by atoms with Crippen LogP contribution in [0.15, 0.2) is 51.8 Å². The highest BCUT2D eigenvalue weighted by Crippen LogP contribution is 2.32. The molecule has 5 nitrogen and oxygen atoms in total. The predicted octanol–water partition coefficient (Wildman–Crippen LogP) is 6.67. The normalized spacial score (nSPS) is 16.3. The van der Waals surface area contributed by atoms with Gasteiger partial charge in [-0.1, -0.05) is 34.1 Å². The minimum Gasteiger partial charge on any atom is -0.496 e. The Labute approximate surface area is 203 Å². The molecule has 0 bridgehead atoms. The molecule has 1 atom stereocenters. The molecule has 0 saturated carbocycles. The van der Waals surface area contributed by atoms with E-state index in [1.807, 2.05) is 49.9 Å². The van der Waals surface area contributed by atoms with Crippen LogP contribution in [0.1, 0.15) is 44.7 Å². The molecule has 1 heterocycles. The van der Waals surface area contributed by atoms with Crippen LogP contribution in [0.5, 0.6) is 5.75 Å². The summed E-state index contributed by atoms with van der Waals surface area (Å²) in [4.78, 5) is 15.5. The van der Waals surface area contributed by atoms with Gasteiger partial charge in [-0.3, -0.25) is 0 Å². The second-order valence-corrected chi connectivity index (χ2v) is 10.8. The Morgan fingerprint density at radius 2 is 1.97 bits per heavy atom. The number of nitrogens with zero attached hydrogens (tertiary/aromatic N) is 1. The second-order valence-electron chi connectivity index (χ2n) is 8.84. The first-order valence-corrected chi connectivity index (χ1v) is 12.6. The number of likely N-dealkylation sites (tertiary alicyclic amines) is 1. The zero-order valence-corrected chi connectivity index (χ0v) is 21.6. The monoisotopic (exact) mass is 521 g/mol. The van der Waals surface area contributed by atoms with E-state index >= 15 is 0 Å². The zero-order chi connectivity index (χ0) is 23.1. The Hall–Kier alpha value is -1.70. The summed E-state index contributed by atoms with van der Waals surface area (Å²) in [5.74, 6) is 1.69. The summed E-state index contributed by atoms with van der Waals surface area (Å²) >= 11 is 5.31. The highest BCUT2D eigenvalue weighted by molar-refractivity contribution is 9.10. The topological polar surface area (TPSA) is 48.0 Å². The molecule has 0 spiro atoms. The standard InChI is InChI=1S/C25H32BrNO4S/c1-25(2,3)31-24(28)27-13-7-9-21(27)16-30-15-18-8-5-6-10-23(18)32-17-19-14-20(26)11-12-22(19)29-4/h5-6,8,10-12,14,21H,7,9,13,15-17H2,1-4H3/t21-/m1/s1. The number of methoxy groups -OCH3 is 1. The lowest BCUT2D eigenvalue weighted by atomic mass is 10.2. The van der Waals surface area contributed by atoms with E-state index in [1.54, 1.807) is 18.9 Å². The van der Waals surface area contributed by atoms with Crippen LogP contribution in [-0.4, -0.2) is 42.9 Å². The summed E-state index contributed by atoms with van der Waals surface area (Å²) in [5, 5.41) is 0. The van der Waals surface area contributed by atoms with Gasteiger partial charge in [0, 0.05) is 27.2 Å². The Bertz CT molecular complexity index is 915.